The summed E-state index contributed by atoms with van der Waals surface area (Å²) in [4.78, 5) is 19.0. The van der Waals surface area contributed by atoms with E-state index in [-0.39, 0.29) is 11.8 Å². The lowest BCUT2D eigenvalue weighted by Gasteiger charge is -2.22. The second-order valence-corrected chi connectivity index (χ2v) is 6.62. The third-order valence-corrected chi connectivity index (χ3v) is 4.35. The number of nitrogens with zero attached hydrogens (tertiary/aromatic N) is 3. The van der Waals surface area contributed by atoms with Crippen LogP contribution in [-0.4, -0.2) is 40.6 Å². The van der Waals surface area contributed by atoms with Crippen LogP contribution in [-0.2, 0) is 6.42 Å². The summed E-state index contributed by atoms with van der Waals surface area (Å²) in [6.07, 6.45) is 2.33. The van der Waals surface area contributed by atoms with Gasteiger partial charge in [0, 0.05) is 25.8 Å². The highest BCUT2D eigenvalue weighted by Crippen LogP contribution is 2.24. The molecule has 1 amide bonds. The van der Waals surface area contributed by atoms with Gasteiger partial charge in [-0.05, 0) is 24.0 Å². The molecule has 6 heteroatoms. The average Bonchev–Trinajstić information content (AvgIpc) is 3.09. The number of hydrogen-bond donors (Lipinski definition) is 1. The van der Waals surface area contributed by atoms with E-state index in [0.717, 1.165) is 17.5 Å². The van der Waals surface area contributed by atoms with Crippen LogP contribution in [0.25, 0.3) is 11.1 Å². The van der Waals surface area contributed by atoms with Gasteiger partial charge in [-0.2, -0.15) is 0 Å². The molecule has 0 saturated heterocycles. The second kappa shape index (κ2) is 8.10. The molecule has 0 radical (unpaired) electrons. The van der Waals surface area contributed by atoms with E-state index in [1.165, 1.54) is 5.56 Å². The molecular formula is C20H24N4O2. The first kappa shape index (κ1) is 18.1. The highest BCUT2D eigenvalue weighted by Gasteiger charge is 2.19. The minimum absolute atomic E-state index is 0.0725. The monoisotopic (exact) mass is 352 g/mol. The highest BCUT2D eigenvalue weighted by molar-refractivity contribution is 5.97. The zero-order valence-electron chi connectivity index (χ0n) is 15.2. The van der Waals surface area contributed by atoms with Gasteiger partial charge >= 0.3 is 0 Å². The van der Waals surface area contributed by atoms with Crippen molar-refractivity contribution >= 4 is 17.0 Å². The van der Waals surface area contributed by atoms with Gasteiger partial charge in [0.15, 0.2) is 0 Å². The number of rotatable bonds is 7. The quantitative estimate of drug-likeness (QED) is 0.706. The predicted molar refractivity (Wildman–Crippen MR) is 101 cm³/mol. The minimum Gasteiger partial charge on any atom is -0.337 e. The van der Waals surface area contributed by atoms with E-state index in [1.54, 1.807) is 11.1 Å². The first-order chi connectivity index (χ1) is 12.6. The van der Waals surface area contributed by atoms with E-state index in [4.69, 9.17) is 10.3 Å². The molecule has 26 heavy (non-hydrogen) atoms. The van der Waals surface area contributed by atoms with Crippen molar-refractivity contribution in [2.45, 2.75) is 26.2 Å². The summed E-state index contributed by atoms with van der Waals surface area (Å²) in [6.45, 7) is 5.60. The maximum Gasteiger partial charge on any atom is 0.257 e. The molecule has 136 valence electrons. The van der Waals surface area contributed by atoms with E-state index in [9.17, 15) is 4.79 Å². The summed E-state index contributed by atoms with van der Waals surface area (Å²) in [5.41, 5.74) is 8.72. The van der Waals surface area contributed by atoms with E-state index < -0.39 is 0 Å². The summed E-state index contributed by atoms with van der Waals surface area (Å²) < 4.78 is 5.25. The molecule has 0 bridgehead atoms. The van der Waals surface area contributed by atoms with Crippen LogP contribution in [0.5, 0.6) is 0 Å². The lowest BCUT2D eigenvalue weighted by molar-refractivity contribution is 0.0762. The number of aromatic nitrogens is 2. The Hall–Kier alpha value is -2.73. The van der Waals surface area contributed by atoms with Crippen molar-refractivity contribution in [3.63, 3.8) is 0 Å². The molecule has 0 aliphatic carbocycles. The largest absolute Gasteiger partial charge is 0.337 e. The first-order valence-corrected chi connectivity index (χ1v) is 8.88. The molecule has 0 saturated carbocycles. The average molecular weight is 352 g/mol. The van der Waals surface area contributed by atoms with Crippen LogP contribution in [0.1, 0.15) is 41.4 Å². The number of carbonyl (C=O) groups is 1. The normalized spacial score (nSPS) is 11.2. The molecule has 2 heterocycles. The molecule has 2 aromatic heterocycles. The van der Waals surface area contributed by atoms with E-state index >= 15 is 0 Å². The second-order valence-electron chi connectivity index (χ2n) is 6.62. The summed E-state index contributed by atoms with van der Waals surface area (Å²) in [6, 6.07) is 11.9. The molecule has 0 aliphatic heterocycles. The third-order valence-electron chi connectivity index (χ3n) is 4.35. The lowest BCUT2D eigenvalue weighted by atomic mass is 10.1. The van der Waals surface area contributed by atoms with Gasteiger partial charge in [-0.25, -0.2) is 4.98 Å². The zero-order chi connectivity index (χ0) is 18.5. The van der Waals surface area contributed by atoms with Crippen LogP contribution < -0.4 is 5.73 Å². The molecule has 2 N–H and O–H groups in total. The molecule has 0 atom stereocenters. The first-order valence-electron chi connectivity index (χ1n) is 8.88. The molecule has 0 unspecified atom stereocenters. The predicted octanol–water partition coefficient (Wildman–Crippen LogP) is 2.99. The lowest BCUT2D eigenvalue weighted by Crippen LogP contribution is -2.37. The zero-order valence-corrected chi connectivity index (χ0v) is 15.2. The topological polar surface area (TPSA) is 85.2 Å². The van der Waals surface area contributed by atoms with Crippen LogP contribution >= 0.6 is 0 Å². The number of fused-ring (bicyclic) bond motifs is 1. The standard InChI is InChI=1S/C20H24N4O2/c1-14(2)18-17-12-16(13-22-19(17)26-23-18)20(25)24(11-9-21)10-8-15-6-4-3-5-7-15/h3-7,12-14H,8-11,21H2,1-2H3. The Morgan fingerprint density at radius 3 is 2.69 bits per heavy atom. The summed E-state index contributed by atoms with van der Waals surface area (Å²) in [7, 11) is 0. The van der Waals surface area contributed by atoms with Crippen LogP contribution in [0.2, 0.25) is 0 Å². The molecule has 3 rings (SSSR count). The number of benzene rings is 1. The van der Waals surface area contributed by atoms with Crippen molar-refractivity contribution in [3.05, 3.63) is 59.4 Å². The van der Waals surface area contributed by atoms with Crippen molar-refractivity contribution in [1.82, 2.24) is 15.0 Å². The van der Waals surface area contributed by atoms with E-state index in [0.29, 0.717) is 30.9 Å². The van der Waals surface area contributed by atoms with Gasteiger partial charge < -0.3 is 15.2 Å². The molecule has 1 aromatic carbocycles. The summed E-state index contributed by atoms with van der Waals surface area (Å²) in [5.74, 6) is 0.123. The van der Waals surface area contributed by atoms with Gasteiger partial charge in [0.25, 0.3) is 11.6 Å². The Bertz CT molecular complexity index is 874. The molecule has 6 nitrogen and oxygen atoms in total. The fourth-order valence-corrected chi connectivity index (χ4v) is 2.95. The fourth-order valence-electron chi connectivity index (χ4n) is 2.95. The van der Waals surface area contributed by atoms with Crippen LogP contribution in [0.15, 0.2) is 47.1 Å². The SMILES string of the molecule is CC(C)c1noc2ncc(C(=O)N(CCN)CCc3ccccc3)cc12. The summed E-state index contributed by atoms with van der Waals surface area (Å²) >= 11 is 0. The van der Waals surface area contributed by atoms with Gasteiger partial charge in [0.05, 0.1) is 16.6 Å². The van der Waals surface area contributed by atoms with Crippen LogP contribution in [0.3, 0.4) is 0 Å². The van der Waals surface area contributed by atoms with Gasteiger partial charge in [-0.1, -0.05) is 49.3 Å². The molecular weight excluding hydrogens is 328 g/mol. The van der Waals surface area contributed by atoms with Gasteiger partial charge in [0.2, 0.25) is 0 Å². The Morgan fingerprint density at radius 2 is 2.00 bits per heavy atom. The number of nitrogens with two attached hydrogens (primary N) is 1. The van der Waals surface area contributed by atoms with Crippen LogP contribution in [0.4, 0.5) is 0 Å². The fraction of sp³-hybridized carbons (Fsp3) is 0.350. The van der Waals surface area contributed by atoms with Crippen molar-refractivity contribution < 1.29 is 9.32 Å². The number of pyridine rings is 1. The Labute approximate surface area is 153 Å². The van der Waals surface area contributed by atoms with Crippen molar-refractivity contribution in [3.8, 4) is 0 Å². The molecule has 0 fully saturated rings. The van der Waals surface area contributed by atoms with Gasteiger partial charge in [0.1, 0.15) is 0 Å². The van der Waals surface area contributed by atoms with Crippen LogP contribution in [0, 0.1) is 0 Å². The van der Waals surface area contributed by atoms with E-state index in [2.05, 4.69) is 22.3 Å². The number of hydrogen-bond acceptors (Lipinski definition) is 5. The third kappa shape index (κ3) is 3.91. The van der Waals surface area contributed by atoms with Gasteiger partial charge in [-0.15, -0.1) is 0 Å². The number of amides is 1. The maximum atomic E-state index is 13.0. The smallest absolute Gasteiger partial charge is 0.257 e. The maximum absolute atomic E-state index is 13.0. The van der Waals surface area contributed by atoms with E-state index in [1.807, 2.05) is 38.1 Å². The highest BCUT2D eigenvalue weighted by atomic mass is 16.5. The minimum atomic E-state index is -0.0725. The molecule has 3 aromatic rings. The summed E-state index contributed by atoms with van der Waals surface area (Å²) in [5, 5.41) is 4.86. The Morgan fingerprint density at radius 1 is 1.23 bits per heavy atom. The number of carbonyl (C=O) groups excluding carboxylic acids is 1. The molecule has 0 spiro atoms. The van der Waals surface area contributed by atoms with Gasteiger partial charge in [-0.3, -0.25) is 4.79 Å². The molecule has 0 aliphatic rings. The van der Waals surface area contributed by atoms with Crippen molar-refractivity contribution in [2.24, 2.45) is 5.73 Å². The Kier molecular flexibility index (Phi) is 5.63. The van der Waals surface area contributed by atoms with Crippen molar-refractivity contribution in [1.29, 1.82) is 0 Å². The van der Waals surface area contributed by atoms with Crippen molar-refractivity contribution in [2.75, 3.05) is 19.6 Å². The Balaban J connectivity index is 1.82.